The highest BCUT2D eigenvalue weighted by atomic mass is 32.2. The fraction of sp³-hybridized carbons (Fsp3) is 0.235. The van der Waals surface area contributed by atoms with Crippen LogP contribution in [0.5, 0.6) is 5.75 Å². The minimum atomic E-state index is -4.35. The average molecular weight is 325 g/mol. The third kappa shape index (κ3) is 4.44. The van der Waals surface area contributed by atoms with Crippen molar-refractivity contribution < 1.29 is 17.9 Å². The fourth-order valence-corrected chi connectivity index (χ4v) is 2.88. The van der Waals surface area contributed by atoms with Crippen molar-refractivity contribution in [3.63, 3.8) is 0 Å². The number of alkyl halides is 3. The molecule has 0 saturated carbocycles. The normalized spacial score (nSPS) is 11.7. The molecule has 0 spiro atoms. The summed E-state index contributed by atoms with van der Waals surface area (Å²) in [4.78, 5) is 0.820. The Morgan fingerprint density at radius 3 is 2.09 bits per heavy atom. The predicted molar refractivity (Wildman–Crippen MR) is 83.3 cm³/mol. The van der Waals surface area contributed by atoms with Crippen LogP contribution in [0.15, 0.2) is 53.4 Å². The molecular formula is C17H16F3OS. The largest absolute Gasteiger partial charge is 0.497 e. The summed E-state index contributed by atoms with van der Waals surface area (Å²) in [6.45, 7) is 1.94. The molecular weight excluding hydrogens is 309 g/mol. The van der Waals surface area contributed by atoms with E-state index in [2.05, 4.69) is 0 Å². The summed E-state index contributed by atoms with van der Waals surface area (Å²) >= 11 is 1.18. The molecule has 5 heteroatoms. The van der Waals surface area contributed by atoms with Gasteiger partial charge in [-0.3, -0.25) is 0 Å². The number of hydrogen-bond donors (Lipinski definition) is 0. The number of halogens is 3. The van der Waals surface area contributed by atoms with Crippen LogP contribution in [-0.4, -0.2) is 19.0 Å². The van der Waals surface area contributed by atoms with E-state index in [0.717, 1.165) is 10.5 Å². The Balaban J connectivity index is 2.14. The number of hydrogen-bond acceptors (Lipinski definition) is 2. The van der Waals surface area contributed by atoms with Gasteiger partial charge in [0.1, 0.15) is 11.7 Å². The Hall–Kier alpha value is -1.62. The molecule has 117 valence electrons. The van der Waals surface area contributed by atoms with E-state index in [-0.39, 0.29) is 11.3 Å². The first-order chi connectivity index (χ1) is 10.4. The molecule has 0 fully saturated rings. The van der Waals surface area contributed by atoms with Gasteiger partial charge in [0.15, 0.2) is 0 Å². The molecule has 2 aromatic rings. The molecule has 0 N–H and O–H groups in total. The van der Waals surface area contributed by atoms with Gasteiger partial charge >= 0.3 is 6.18 Å². The van der Waals surface area contributed by atoms with E-state index in [1.807, 2.05) is 31.2 Å². The van der Waals surface area contributed by atoms with Gasteiger partial charge in [-0.15, -0.1) is 11.8 Å². The summed E-state index contributed by atoms with van der Waals surface area (Å²) in [5, 5.41) is 0. The molecule has 22 heavy (non-hydrogen) atoms. The zero-order valence-corrected chi connectivity index (χ0v) is 13.1. The van der Waals surface area contributed by atoms with Gasteiger partial charge in [-0.2, -0.15) is 13.2 Å². The van der Waals surface area contributed by atoms with Crippen molar-refractivity contribution in [2.45, 2.75) is 18.0 Å². The van der Waals surface area contributed by atoms with Gasteiger partial charge in [-0.25, -0.2) is 0 Å². The van der Waals surface area contributed by atoms with Crippen LogP contribution in [0.2, 0.25) is 0 Å². The Labute approximate surface area is 132 Å². The van der Waals surface area contributed by atoms with Crippen molar-refractivity contribution in [1.82, 2.24) is 0 Å². The number of ether oxygens (including phenoxy) is 1. The van der Waals surface area contributed by atoms with Gasteiger partial charge in [0.05, 0.1) is 7.11 Å². The summed E-state index contributed by atoms with van der Waals surface area (Å²) in [6.07, 6.45) is -4.35. The van der Waals surface area contributed by atoms with Crippen LogP contribution in [0.3, 0.4) is 0 Å². The maximum atomic E-state index is 13.3. The average Bonchev–Trinajstić information content (AvgIpc) is 2.49. The minimum absolute atomic E-state index is 0.126. The standard InChI is InChI=1S/C17H16F3OS/c1-12-3-9-15(10-4-12)22-11-16(17(18,19)20)13-5-7-14(21-2)8-6-13/h3-10H,11H2,1-2H3. The van der Waals surface area contributed by atoms with Crippen LogP contribution in [-0.2, 0) is 0 Å². The Bertz CT molecular complexity index is 591. The summed E-state index contributed by atoms with van der Waals surface area (Å²) in [5.74, 6) is -0.129. The van der Waals surface area contributed by atoms with Gasteiger partial charge in [0.2, 0.25) is 0 Å². The monoisotopic (exact) mass is 325 g/mol. The molecule has 0 aliphatic rings. The molecule has 0 amide bonds. The van der Waals surface area contributed by atoms with Crippen LogP contribution in [0.1, 0.15) is 11.1 Å². The highest BCUT2D eigenvalue weighted by Gasteiger charge is 2.41. The van der Waals surface area contributed by atoms with Gasteiger partial charge in [-0.1, -0.05) is 29.8 Å². The SMILES string of the molecule is COc1ccc([C](CSc2ccc(C)cc2)C(F)(F)F)cc1. The van der Waals surface area contributed by atoms with Gasteiger partial charge < -0.3 is 4.74 Å². The van der Waals surface area contributed by atoms with Crippen molar-refractivity contribution in [2.75, 3.05) is 12.9 Å². The third-order valence-electron chi connectivity index (χ3n) is 3.18. The van der Waals surface area contributed by atoms with Crippen LogP contribution >= 0.6 is 11.8 Å². The van der Waals surface area contributed by atoms with E-state index in [0.29, 0.717) is 5.75 Å². The molecule has 0 aliphatic carbocycles. The second kappa shape index (κ2) is 7.09. The molecule has 1 radical (unpaired) electrons. The van der Waals surface area contributed by atoms with Crippen molar-refractivity contribution in [3.8, 4) is 5.75 Å². The van der Waals surface area contributed by atoms with Gasteiger partial charge in [0, 0.05) is 10.6 Å². The van der Waals surface area contributed by atoms with Crippen LogP contribution in [0.4, 0.5) is 13.2 Å². The Morgan fingerprint density at radius 1 is 1.00 bits per heavy atom. The number of benzene rings is 2. The Kier molecular flexibility index (Phi) is 5.40. The van der Waals surface area contributed by atoms with Crippen LogP contribution in [0.25, 0.3) is 0 Å². The first-order valence-electron chi connectivity index (χ1n) is 6.67. The molecule has 2 aromatic carbocycles. The van der Waals surface area contributed by atoms with Crippen molar-refractivity contribution in [2.24, 2.45) is 0 Å². The maximum Gasteiger partial charge on any atom is 0.400 e. The quantitative estimate of drug-likeness (QED) is 0.692. The van der Waals surface area contributed by atoms with Crippen LogP contribution in [0, 0.1) is 12.8 Å². The van der Waals surface area contributed by atoms with Crippen molar-refractivity contribution in [1.29, 1.82) is 0 Å². The maximum absolute atomic E-state index is 13.3. The van der Waals surface area contributed by atoms with Crippen molar-refractivity contribution >= 4 is 11.8 Å². The second-order valence-electron chi connectivity index (χ2n) is 4.81. The molecule has 0 saturated heterocycles. The number of methoxy groups -OCH3 is 1. The van der Waals surface area contributed by atoms with Crippen LogP contribution < -0.4 is 4.74 Å². The predicted octanol–water partition coefficient (Wildman–Crippen LogP) is 5.28. The Morgan fingerprint density at radius 2 is 1.59 bits per heavy atom. The first kappa shape index (κ1) is 16.7. The summed E-state index contributed by atoms with van der Waals surface area (Å²) in [5.41, 5.74) is 1.26. The molecule has 2 rings (SSSR count). The molecule has 0 atom stereocenters. The smallest absolute Gasteiger partial charge is 0.400 e. The fourth-order valence-electron chi connectivity index (χ4n) is 1.91. The summed E-state index contributed by atoms with van der Waals surface area (Å²) in [7, 11) is 1.48. The lowest BCUT2D eigenvalue weighted by Gasteiger charge is -2.19. The van der Waals surface area contributed by atoms with E-state index in [9.17, 15) is 13.2 Å². The minimum Gasteiger partial charge on any atom is -0.497 e. The molecule has 1 nitrogen and oxygen atoms in total. The van der Waals surface area contributed by atoms with E-state index >= 15 is 0 Å². The first-order valence-corrected chi connectivity index (χ1v) is 7.65. The van der Waals surface area contributed by atoms with E-state index in [1.54, 1.807) is 0 Å². The highest BCUT2D eigenvalue weighted by Crippen LogP contribution is 2.38. The van der Waals surface area contributed by atoms with Gasteiger partial charge in [-0.05, 0) is 36.8 Å². The zero-order valence-electron chi connectivity index (χ0n) is 12.3. The number of thioether (sulfide) groups is 1. The zero-order chi connectivity index (χ0) is 16.2. The second-order valence-corrected chi connectivity index (χ2v) is 5.86. The van der Waals surface area contributed by atoms with E-state index in [1.165, 1.54) is 43.1 Å². The molecule has 0 bridgehead atoms. The lowest BCUT2D eigenvalue weighted by atomic mass is 10.0. The molecule has 0 aromatic heterocycles. The van der Waals surface area contributed by atoms with Crippen molar-refractivity contribution in [3.05, 3.63) is 65.6 Å². The lowest BCUT2D eigenvalue weighted by Crippen LogP contribution is -2.24. The summed E-state index contributed by atoms with van der Waals surface area (Å²) < 4.78 is 44.8. The molecule has 0 unspecified atom stereocenters. The topological polar surface area (TPSA) is 9.23 Å². The highest BCUT2D eigenvalue weighted by molar-refractivity contribution is 7.99. The molecule has 0 aliphatic heterocycles. The summed E-state index contributed by atoms with van der Waals surface area (Å²) in [6, 6.07) is 13.4. The number of aryl methyl sites for hydroxylation is 1. The van der Waals surface area contributed by atoms with E-state index < -0.39 is 12.1 Å². The number of rotatable bonds is 5. The van der Waals surface area contributed by atoms with Gasteiger partial charge in [0.25, 0.3) is 0 Å². The third-order valence-corrected chi connectivity index (χ3v) is 4.22. The lowest BCUT2D eigenvalue weighted by molar-refractivity contribution is -0.107. The van der Waals surface area contributed by atoms with E-state index in [4.69, 9.17) is 4.74 Å². The molecule has 0 heterocycles.